The zero-order valence-electron chi connectivity index (χ0n) is 20.1. The number of hydrogen-bond donors (Lipinski definition) is 1. The van der Waals surface area contributed by atoms with Gasteiger partial charge in [0.25, 0.3) is 0 Å². The molecule has 1 heterocycles. The van der Waals surface area contributed by atoms with Crippen molar-refractivity contribution in [1.82, 2.24) is 0 Å². The van der Waals surface area contributed by atoms with E-state index in [1.54, 1.807) is 17.8 Å². The SMILES string of the molecule is CSc1ccc([C@H]2OC[C@@]3(C)[C@@H](CC[C@@]3(O)C(F)(F)C(F)(F)F)[C@@H]3CCC4=CC(=O)CCC4=C32)cc1. The molecule has 0 radical (unpaired) electrons. The summed E-state index contributed by atoms with van der Waals surface area (Å²) >= 11 is 1.56. The van der Waals surface area contributed by atoms with Gasteiger partial charge in [-0.25, -0.2) is 0 Å². The number of aliphatic hydroxyl groups is 1. The molecule has 36 heavy (non-hydrogen) atoms. The highest BCUT2D eigenvalue weighted by molar-refractivity contribution is 7.98. The van der Waals surface area contributed by atoms with Crippen LogP contribution in [0.5, 0.6) is 0 Å². The molecule has 196 valence electrons. The van der Waals surface area contributed by atoms with E-state index in [-0.39, 0.29) is 18.1 Å². The van der Waals surface area contributed by atoms with Gasteiger partial charge < -0.3 is 9.84 Å². The molecule has 0 aromatic heterocycles. The van der Waals surface area contributed by atoms with Gasteiger partial charge in [0, 0.05) is 16.7 Å². The lowest BCUT2D eigenvalue weighted by atomic mass is 9.60. The zero-order chi connectivity index (χ0) is 26.1. The molecule has 5 atom stereocenters. The second-order valence-corrected chi connectivity index (χ2v) is 11.6. The smallest absolute Gasteiger partial charge is 0.383 e. The van der Waals surface area contributed by atoms with Crippen molar-refractivity contribution in [2.24, 2.45) is 17.3 Å². The molecule has 1 aromatic rings. The van der Waals surface area contributed by atoms with Crippen LogP contribution in [0.3, 0.4) is 0 Å². The fourth-order valence-electron chi connectivity index (χ4n) is 7.07. The summed E-state index contributed by atoms with van der Waals surface area (Å²) in [7, 11) is 0. The maximum absolute atomic E-state index is 14.9. The molecular formula is C27H29F5O3S. The van der Waals surface area contributed by atoms with Gasteiger partial charge in [-0.15, -0.1) is 11.8 Å². The van der Waals surface area contributed by atoms with Gasteiger partial charge in [-0.05, 0) is 90.7 Å². The summed E-state index contributed by atoms with van der Waals surface area (Å²) in [6.07, 6.45) is -1.69. The molecule has 1 aliphatic heterocycles. The van der Waals surface area contributed by atoms with Crippen LogP contribution in [0.25, 0.3) is 0 Å². The standard InChI is InChI=1S/C27H29F5O3S/c1-24-14-35-23(15-3-7-18(36-2)8-4-15)22-19-10-6-17(33)13-16(19)5-9-20(22)21(24)11-12-25(24,34)26(28,29)27(30,31)32/h3-4,7-8,13,20-21,23,34H,5-6,9-12,14H2,1-2H3/t20-,21-,23+,24-,25-/m0/s1. The predicted molar refractivity (Wildman–Crippen MR) is 126 cm³/mol. The van der Waals surface area contributed by atoms with E-state index in [1.165, 1.54) is 6.92 Å². The largest absolute Gasteiger partial charge is 0.456 e. The molecule has 1 N–H and O–H groups in total. The number of ketones is 1. The molecule has 1 saturated carbocycles. The van der Waals surface area contributed by atoms with Crippen molar-refractivity contribution in [2.45, 2.75) is 74.1 Å². The Balaban J connectivity index is 1.67. The first-order valence-electron chi connectivity index (χ1n) is 12.2. The number of fused-ring (bicyclic) bond motifs is 4. The Morgan fingerprint density at radius 3 is 2.39 bits per heavy atom. The second kappa shape index (κ2) is 8.67. The van der Waals surface area contributed by atoms with Crippen LogP contribution >= 0.6 is 11.8 Å². The summed E-state index contributed by atoms with van der Waals surface area (Å²) < 4.78 is 76.8. The molecule has 0 spiro atoms. The van der Waals surface area contributed by atoms with Gasteiger partial charge in [-0.2, -0.15) is 22.0 Å². The van der Waals surface area contributed by atoms with Crippen LogP contribution in [-0.4, -0.2) is 41.5 Å². The highest BCUT2D eigenvalue weighted by atomic mass is 32.2. The van der Waals surface area contributed by atoms with Crippen molar-refractivity contribution in [3.63, 3.8) is 0 Å². The fourth-order valence-corrected chi connectivity index (χ4v) is 7.48. The molecule has 1 saturated heterocycles. The average molecular weight is 529 g/mol. The molecule has 9 heteroatoms. The van der Waals surface area contributed by atoms with Crippen molar-refractivity contribution < 1.29 is 36.6 Å². The number of carbonyl (C=O) groups excluding carboxylic acids is 1. The van der Waals surface area contributed by atoms with Crippen LogP contribution in [0.2, 0.25) is 0 Å². The Morgan fingerprint density at radius 1 is 1.06 bits per heavy atom. The molecule has 0 unspecified atom stereocenters. The lowest BCUT2D eigenvalue weighted by Gasteiger charge is -2.47. The van der Waals surface area contributed by atoms with E-state index >= 15 is 0 Å². The Labute approximate surface area is 211 Å². The van der Waals surface area contributed by atoms with Gasteiger partial charge in [0.1, 0.15) is 11.7 Å². The lowest BCUT2D eigenvalue weighted by Crippen LogP contribution is -2.65. The van der Waals surface area contributed by atoms with Crippen molar-refractivity contribution >= 4 is 17.5 Å². The quantitative estimate of drug-likeness (QED) is 0.346. The van der Waals surface area contributed by atoms with Crippen molar-refractivity contribution in [3.8, 4) is 0 Å². The Hall–Kier alpha value is -1.71. The third-order valence-electron chi connectivity index (χ3n) is 9.01. The molecule has 4 aliphatic rings. The molecule has 3 aliphatic carbocycles. The normalized spacial score (nSPS) is 35.1. The van der Waals surface area contributed by atoms with Crippen LogP contribution < -0.4 is 0 Å². The van der Waals surface area contributed by atoms with Gasteiger partial charge in [0.2, 0.25) is 0 Å². The number of carbonyl (C=O) groups is 1. The monoisotopic (exact) mass is 528 g/mol. The number of alkyl halides is 5. The van der Waals surface area contributed by atoms with E-state index in [0.29, 0.717) is 25.7 Å². The highest BCUT2D eigenvalue weighted by Gasteiger charge is 2.78. The zero-order valence-corrected chi connectivity index (χ0v) is 20.9. The lowest BCUT2D eigenvalue weighted by molar-refractivity contribution is -0.363. The van der Waals surface area contributed by atoms with Crippen molar-refractivity contribution in [1.29, 1.82) is 0 Å². The Bertz CT molecular complexity index is 1130. The molecule has 1 aromatic carbocycles. The van der Waals surface area contributed by atoms with E-state index in [2.05, 4.69) is 0 Å². The Kier molecular flexibility index (Phi) is 6.24. The fraction of sp³-hybridized carbons (Fsp3) is 0.593. The third-order valence-corrected chi connectivity index (χ3v) is 9.75. The van der Waals surface area contributed by atoms with Crippen LogP contribution in [0.4, 0.5) is 22.0 Å². The van der Waals surface area contributed by atoms with E-state index in [0.717, 1.165) is 27.2 Å². The van der Waals surface area contributed by atoms with E-state index in [4.69, 9.17) is 4.74 Å². The average Bonchev–Trinajstić information content (AvgIpc) is 3.02. The summed E-state index contributed by atoms with van der Waals surface area (Å²) in [6.45, 7) is 0.904. The minimum Gasteiger partial charge on any atom is -0.383 e. The summed E-state index contributed by atoms with van der Waals surface area (Å²) in [5, 5.41) is 11.2. The number of hydrogen-bond acceptors (Lipinski definition) is 4. The Morgan fingerprint density at radius 2 is 1.75 bits per heavy atom. The molecule has 0 amide bonds. The molecule has 3 nitrogen and oxygen atoms in total. The number of thioether (sulfide) groups is 1. The van der Waals surface area contributed by atoms with Gasteiger partial charge in [-0.3, -0.25) is 4.79 Å². The first kappa shape index (κ1) is 25.9. The number of halogens is 5. The van der Waals surface area contributed by atoms with Gasteiger partial charge in [0.15, 0.2) is 5.78 Å². The molecule has 2 fully saturated rings. The highest BCUT2D eigenvalue weighted by Crippen LogP contribution is 2.66. The third kappa shape index (κ3) is 3.63. The van der Waals surface area contributed by atoms with Crippen LogP contribution in [0, 0.1) is 17.3 Å². The van der Waals surface area contributed by atoms with E-state index < -0.39 is 48.2 Å². The summed E-state index contributed by atoms with van der Waals surface area (Å²) in [5.74, 6) is -6.20. The first-order chi connectivity index (χ1) is 16.8. The van der Waals surface area contributed by atoms with Crippen molar-refractivity contribution in [2.75, 3.05) is 12.9 Å². The maximum atomic E-state index is 14.9. The number of allylic oxidation sites excluding steroid dienone is 3. The number of benzene rings is 1. The first-order valence-corrected chi connectivity index (χ1v) is 13.5. The topological polar surface area (TPSA) is 46.5 Å². The van der Waals surface area contributed by atoms with Crippen LogP contribution in [0.15, 0.2) is 52.0 Å². The minimum atomic E-state index is -5.88. The van der Waals surface area contributed by atoms with Gasteiger partial charge >= 0.3 is 12.1 Å². The minimum absolute atomic E-state index is 0.0353. The predicted octanol–water partition coefficient (Wildman–Crippen LogP) is 6.82. The summed E-state index contributed by atoms with van der Waals surface area (Å²) in [5.41, 5.74) is -1.56. The summed E-state index contributed by atoms with van der Waals surface area (Å²) in [6, 6.07) is 7.64. The van der Waals surface area contributed by atoms with Crippen LogP contribution in [-0.2, 0) is 9.53 Å². The number of rotatable bonds is 3. The van der Waals surface area contributed by atoms with Gasteiger partial charge in [0.05, 0.1) is 6.61 Å². The van der Waals surface area contributed by atoms with Crippen LogP contribution in [0.1, 0.15) is 57.1 Å². The second-order valence-electron chi connectivity index (χ2n) is 10.7. The van der Waals surface area contributed by atoms with E-state index in [1.807, 2.05) is 30.5 Å². The maximum Gasteiger partial charge on any atom is 0.456 e. The molecular weight excluding hydrogens is 499 g/mol. The number of ether oxygens (including phenoxy) is 1. The van der Waals surface area contributed by atoms with Crippen molar-refractivity contribution in [3.05, 3.63) is 52.6 Å². The van der Waals surface area contributed by atoms with E-state index in [9.17, 15) is 31.9 Å². The molecule has 5 rings (SSSR count). The molecule has 0 bridgehead atoms. The summed E-state index contributed by atoms with van der Waals surface area (Å²) in [4.78, 5) is 13.2. The van der Waals surface area contributed by atoms with Gasteiger partial charge in [-0.1, -0.05) is 19.1 Å².